The number of hydrogen-bond donors (Lipinski definition) is 2. The van der Waals surface area contributed by atoms with Crippen LogP contribution in [0.3, 0.4) is 0 Å². The molecule has 0 spiro atoms. The smallest absolute Gasteiger partial charge is 0.224 e. The van der Waals surface area contributed by atoms with E-state index < -0.39 is 5.91 Å². The minimum atomic E-state index is -0.402. The fourth-order valence-corrected chi connectivity index (χ4v) is 1.35. The molecule has 0 fully saturated rings. The van der Waals surface area contributed by atoms with Crippen LogP contribution in [-0.4, -0.2) is 23.1 Å². The van der Waals surface area contributed by atoms with Gasteiger partial charge in [0.2, 0.25) is 11.8 Å². The SMILES string of the molecule is CCC(=O)N/C(=C(\C=O)NC(C)=O)c1ccccn1. The number of hydrogen-bond acceptors (Lipinski definition) is 4. The number of nitrogens with zero attached hydrogens (tertiary/aromatic N) is 1. The molecule has 1 heterocycles. The van der Waals surface area contributed by atoms with Crippen molar-refractivity contribution in [1.82, 2.24) is 15.6 Å². The van der Waals surface area contributed by atoms with Crippen LogP contribution in [0.25, 0.3) is 5.70 Å². The van der Waals surface area contributed by atoms with E-state index in [-0.39, 0.29) is 23.7 Å². The summed E-state index contributed by atoms with van der Waals surface area (Å²) in [5.41, 5.74) is 0.575. The van der Waals surface area contributed by atoms with Crippen molar-refractivity contribution in [3.63, 3.8) is 0 Å². The third kappa shape index (κ3) is 4.34. The predicted molar refractivity (Wildman–Crippen MR) is 69.5 cm³/mol. The first-order valence-corrected chi connectivity index (χ1v) is 5.76. The second-order valence-corrected chi connectivity index (χ2v) is 3.70. The van der Waals surface area contributed by atoms with Crippen molar-refractivity contribution >= 4 is 23.8 Å². The van der Waals surface area contributed by atoms with Gasteiger partial charge in [-0.3, -0.25) is 19.4 Å². The van der Waals surface area contributed by atoms with Crippen LogP contribution in [0.4, 0.5) is 0 Å². The van der Waals surface area contributed by atoms with Gasteiger partial charge in [-0.2, -0.15) is 0 Å². The Morgan fingerprint density at radius 1 is 1.32 bits per heavy atom. The van der Waals surface area contributed by atoms with Gasteiger partial charge in [-0.15, -0.1) is 0 Å². The van der Waals surface area contributed by atoms with Crippen molar-refractivity contribution in [1.29, 1.82) is 0 Å². The third-order valence-corrected chi connectivity index (χ3v) is 2.20. The van der Waals surface area contributed by atoms with Gasteiger partial charge < -0.3 is 10.6 Å². The molecule has 0 aliphatic carbocycles. The first-order valence-electron chi connectivity index (χ1n) is 5.76. The maximum absolute atomic E-state index is 11.5. The zero-order chi connectivity index (χ0) is 14.3. The molecule has 0 saturated carbocycles. The highest BCUT2D eigenvalue weighted by Crippen LogP contribution is 2.11. The van der Waals surface area contributed by atoms with E-state index in [1.165, 1.54) is 13.1 Å². The van der Waals surface area contributed by atoms with Gasteiger partial charge in [0.1, 0.15) is 5.70 Å². The first kappa shape index (κ1) is 14.6. The van der Waals surface area contributed by atoms with Gasteiger partial charge in [0.05, 0.1) is 11.4 Å². The minimum absolute atomic E-state index is 0.0204. The molecular weight excluding hydrogens is 246 g/mol. The lowest BCUT2D eigenvalue weighted by Gasteiger charge is -2.12. The average Bonchev–Trinajstić information content (AvgIpc) is 2.42. The summed E-state index contributed by atoms with van der Waals surface area (Å²) in [4.78, 5) is 37.7. The molecule has 0 aliphatic heterocycles. The lowest BCUT2D eigenvalue weighted by Crippen LogP contribution is -2.29. The normalized spacial score (nSPS) is 11.3. The summed E-state index contributed by atoms with van der Waals surface area (Å²) in [6.07, 6.45) is 2.26. The summed E-state index contributed by atoms with van der Waals surface area (Å²) >= 11 is 0. The van der Waals surface area contributed by atoms with Crippen molar-refractivity contribution in [3.05, 3.63) is 35.8 Å². The van der Waals surface area contributed by atoms with Crippen LogP contribution in [0.1, 0.15) is 26.0 Å². The van der Waals surface area contributed by atoms with Crippen LogP contribution in [0.2, 0.25) is 0 Å². The van der Waals surface area contributed by atoms with Crippen molar-refractivity contribution < 1.29 is 14.4 Å². The first-order chi connectivity index (χ1) is 9.08. The van der Waals surface area contributed by atoms with Crippen LogP contribution in [-0.2, 0) is 14.4 Å². The van der Waals surface area contributed by atoms with Gasteiger partial charge in [-0.1, -0.05) is 13.0 Å². The fraction of sp³-hybridized carbons (Fsp3) is 0.231. The maximum atomic E-state index is 11.5. The molecule has 0 unspecified atom stereocenters. The standard InChI is InChI=1S/C13H15N3O3/c1-3-12(19)16-13(10-6-4-5-7-14-10)11(8-17)15-9(2)18/h4-8H,3H2,1-2H3,(H,15,18)(H,16,19)/b13-11+. The molecule has 2 amide bonds. The van der Waals surface area contributed by atoms with Gasteiger partial charge in [0.15, 0.2) is 6.29 Å². The molecule has 1 aromatic heterocycles. The van der Waals surface area contributed by atoms with Crippen molar-refractivity contribution in [2.24, 2.45) is 0 Å². The van der Waals surface area contributed by atoms with Gasteiger partial charge in [-0.05, 0) is 12.1 Å². The second kappa shape index (κ2) is 7.05. The molecule has 1 aromatic rings. The summed E-state index contributed by atoms with van der Waals surface area (Å²) < 4.78 is 0. The Morgan fingerprint density at radius 3 is 2.53 bits per heavy atom. The summed E-state index contributed by atoms with van der Waals surface area (Å²) in [5, 5.41) is 4.95. The van der Waals surface area contributed by atoms with E-state index in [2.05, 4.69) is 15.6 Å². The number of carbonyl (C=O) groups is 3. The number of pyridine rings is 1. The molecular formula is C13H15N3O3. The van der Waals surface area contributed by atoms with Gasteiger partial charge in [-0.25, -0.2) is 0 Å². The Kier molecular flexibility index (Phi) is 5.40. The van der Waals surface area contributed by atoms with Gasteiger partial charge >= 0.3 is 0 Å². The zero-order valence-corrected chi connectivity index (χ0v) is 10.8. The average molecular weight is 261 g/mol. The molecule has 0 aliphatic rings. The van der Waals surface area contributed by atoms with Crippen LogP contribution in [0, 0.1) is 0 Å². The Labute approximate surface area is 110 Å². The van der Waals surface area contributed by atoms with Crippen molar-refractivity contribution in [3.8, 4) is 0 Å². The topological polar surface area (TPSA) is 88.2 Å². The van der Waals surface area contributed by atoms with E-state index >= 15 is 0 Å². The largest absolute Gasteiger partial charge is 0.322 e. The zero-order valence-electron chi connectivity index (χ0n) is 10.8. The summed E-state index contributed by atoms with van der Waals surface area (Å²) in [6.45, 7) is 2.96. The van der Waals surface area contributed by atoms with Crippen LogP contribution in [0.5, 0.6) is 0 Å². The Hall–Kier alpha value is -2.50. The molecule has 0 radical (unpaired) electrons. The fourth-order valence-electron chi connectivity index (χ4n) is 1.35. The van der Waals surface area contributed by atoms with Crippen LogP contribution >= 0.6 is 0 Å². The van der Waals surface area contributed by atoms with E-state index in [9.17, 15) is 14.4 Å². The molecule has 1 rings (SSSR count). The Morgan fingerprint density at radius 2 is 2.05 bits per heavy atom. The molecule has 0 bridgehead atoms. The van der Waals surface area contributed by atoms with E-state index in [1.54, 1.807) is 25.1 Å². The second-order valence-electron chi connectivity index (χ2n) is 3.70. The summed E-state index contributed by atoms with van der Waals surface area (Å²) in [7, 11) is 0. The van der Waals surface area contributed by atoms with Gasteiger partial charge in [0.25, 0.3) is 0 Å². The highest BCUT2D eigenvalue weighted by molar-refractivity contribution is 5.96. The molecule has 100 valence electrons. The van der Waals surface area contributed by atoms with Gasteiger partial charge in [0, 0.05) is 19.5 Å². The predicted octanol–water partition coefficient (Wildman–Crippen LogP) is 0.611. The molecule has 6 nitrogen and oxygen atoms in total. The molecule has 0 saturated heterocycles. The van der Waals surface area contributed by atoms with E-state index in [0.717, 1.165) is 0 Å². The molecule has 2 N–H and O–H groups in total. The maximum Gasteiger partial charge on any atom is 0.224 e. The van der Waals surface area contributed by atoms with Crippen molar-refractivity contribution in [2.45, 2.75) is 20.3 Å². The summed E-state index contributed by atoms with van der Waals surface area (Å²) in [6, 6.07) is 5.06. The number of carbonyl (C=O) groups excluding carboxylic acids is 3. The monoisotopic (exact) mass is 261 g/mol. The number of aromatic nitrogens is 1. The van der Waals surface area contributed by atoms with E-state index in [4.69, 9.17) is 0 Å². The molecule has 6 heteroatoms. The Bertz CT molecular complexity index is 509. The quantitative estimate of drug-likeness (QED) is 0.600. The number of rotatable bonds is 5. The third-order valence-electron chi connectivity index (χ3n) is 2.20. The lowest BCUT2D eigenvalue weighted by atomic mass is 10.2. The lowest BCUT2D eigenvalue weighted by molar-refractivity contribution is -0.120. The van der Waals surface area contributed by atoms with E-state index in [0.29, 0.717) is 12.0 Å². The van der Waals surface area contributed by atoms with Crippen LogP contribution < -0.4 is 10.6 Å². The Balaban J connectivity index is 3.24. The van der Waals surface area contributed by atoms with E-state index in [1.807, 2.05) is 0 Å². The number of nitrogens with one attached hydrogen (secondary N) is 2. The number of allylic oxidation sites excluding steroid dienone is 1. The molecule has 0 aromatic carbocycles. The molecule has 19 heavy (non-hydrogen) atoms. The van der Waals surface area contributed by atoms with Crippen LogP contribution in [0.15, 0.2) is 30.1 Å². The highest BCUT2D eigenvalue weighted by Gasteiger charge is 2.13. The van der Waals surface area contributed by atoms with Crippen molar-refractivity contribution in [2.75, 3.05) is 0 Å². The summed E-state index contributed by atoms with van der Waals surface area (Å²) in [5.74, 6) is -0.674. The molecule has 0 atom stereocenters. The number of aldehydes is 1. The number of amides is 2. The minimum Gasteiger partial charge on any atom is -0.322 e. The highest BCUT2D eigenvalue weighted by atomic mass is 16.2.